The van der Waals surface area contributed by atoms with E-state index >= 15 is 0 Å². The molecule has 0 saturated heterocycles. The Morgan fingerprint density at radius 3 is 2.21 bits per heavy atom. The molecule has 0 heterocycles. The highest BCUT2D eigenvalue weighted by molar-refractivity contribution is 6.00. The van der Waals surface area contributed by atoms with Crippen LogP contribution >= 0.6 is 0 Å². The quantitative estimate of drug-likeness (QED) is 0.584. The number of hydrogen-bond acceptors (Lipinski definition) is 1. The molecular weight excluding hydrogens is 193 g/mol. The number of ketones is 1. The molecule has 1 rings (SSSR count). The second kappa shape index (κ2) is 3.97. The SMILES string of the molecule is O=C(C#Cc1ccccc1)C(F)(F)F. The van der Waals surface area contributed by atoms with Crippen LogP contribution in [0, 0.1) is 11.8 Å². The van der Waals surface area contributed by atoms with Gasteiger partial charge in [-0.25, -0.2) is 0 Å². The predicted octanol–water partition coefficient (Wildman–Crippen LogP) is 2.17. The van der Waals surface area contributed by atoms with Gasteiger partial charge in [-0.2, -0.15) is 13.2 Å². The molecule has 0 spiro atoms. The molecule has 0 atom stereocenters. The van der Waals surface area contributed by atoms with Crippen LogP contribution in [-0.4, -0.2) is 12.0 Å². The molecule has 0 N–H and O–H groups in total. The number of halogens is 3. The standard InChI is InChI=1S/C10H5F3O/c11-10(12,13)9(14)7-6-8-4-2-1-3-5-8/h1-5H. The highest BCUT2D eigenvalue weighted by atomic mass is 19.4. The minimum absolute atomic E-state index is 0.380. The Bertz CT molecular complexity index is 381. The first-order valence-electron chi connectivity index (χ1n) is 3.68. The summed E-state index contributed by atoms with van der Waals surface area (Å²) in [6.45, 7) is 0. The van der Waals surface area contributed by atoms with Crippen LogP contribution in [0.5, 0.6) is 0 Å². The van der Waals surface area contributed by atoms with Crippen LogP contribution in [0.3, 0.4) is 0 Å². The summed E-state index contributed by atoms with van der Waals surface area (Å²) in [6, 6.07) is 8.01. The molecule has 4 heteroatoms. The molecule has 72 valence electrons. The van der Waals surface area contributed by atoms with Crippen molar-refractivity contribution in [2.45, 2.75) is 6.18 Å². The molecule has 0 unspecified atom stereocenters. The first-order valence-corrected chi connectivity index (χ1v) is 3.68. The van der Waals surface area contributed by atoms with Gasteiger partial charge in [0.25, 0.3) is 0 Å². The fraction of sp³-hybridized carbons (Fsp3) is 0.100. The highest BCUT2D eigenvalue weighted by Crippen LogP contribution is 2.14. The Morgan fingerprint density at radius 2 is 1.71 bits per heavy atom. The number of Topliss-reactive ketones (excluding diaryl/α,β-unsaturated/α-hetero) is 1. The third-order valence-electron chi connectivity index (χ3n) is 1.35. The van der Waals surface area contributed by atoms with E-state index in [0.29, 0.717) is 5.56 Å². The summed E-state index contributed by atoms with van der Waals surface area (Å²) in [7, 11) is 0. The molecule has 1 aromatic carbocycles. The van der Waals surface area contributed by atoms with Crippen molar-refractivity contribution in [3.05, 3.63) is 35.9 Å². The van der Waals surface area contributed by atoms with Gasteiger partial charge < -0.3 is 0 Å². The van der Waals surface area contributed by atoms with Crippen molar-refractivity contribution in [3.8, 4) is 11.8 Å². The Balaban J connectivity index is 2.80. The normalized spacial score (nSPS) is 10.2. The Morgan fingerprint density at radius 1 is 1.14 bits per heavy atom. The second-order valence-corrected chi connectivity index (χ2v) is 2.44. The van der Waals surface area contributed by atoms with Gasteiger partial charge in [0.2, 0.25) is 0 Å². The van der Waals surface area contributed by atoms with Gasteiger partial charge in [0, 0.05) is 5.56 Å². The van der Waals surface area contributed by atoms with Crippen molar-refractivity contribution >= 4 is 5.78 Å². The molecule has 0 saturated carbocycles. The first-order chi connectivity index (χ1) is 6.50. The van der Waals surface area contributed by atoms with Gasteiger partial charge in [-0.15, -0.1) is 0 Å². The lowest BCUT2D eigenvalue weighted by Crippen LogP contribution is -2.20. The van der Waals surface area contributed by atoms with Crippen LogP contribution in [0.4, 0.5) is 13.2 Å². The molecule has 0 amide bonds. The number of alkyl halides is 3. The monoisotopic (exact) mass is 198 g/mol. The van der Waals surface area contributed by atoms with Crippen LogP contribution < -0.4 is 0 Å². The lowest BCUT2D eigenvalue weighted by Gasteiger charge is -1.96. The van der Waals surface area contributed by atoms with Crippen LogP contribution in [0.15, 0.2) is 30.3 Å². The Kier molecular flexibility index (Phi) is 2.92. The topological polar surface area (TPSA) is 17.1 Å². The summed E-state index contributed by atoms with van der Waals surface area (Å²) < 4.78 is 35.1. The maximum Gasteiger partial charge on any atom is 0.462 e. The maximum absolute atomic E-state index is 11.7. The molecular formula is C10H5F3O. The Hall–Kier alpha value is -1.76. The molecule has 0 radical (unpaired) electrons. The number of rotatable bonds is 0. The van der Waals surface area contributed by atoms with Crippen molar-refractivity contribution in [1.29, 1.82) is 0 Å². The van der Waals surface area contributed by atoms with E-state index in [-0.39, 0.29) is 0 Å². The smallest absolute Gasteiger partial charge is 0.275 e. The van der Waals surface area contributed by atoms with Crippen molar-refractivity contribution < 1.29 is 18.0 Å². The van der Waals surface area contributed by atoms with Crippen molar-refractivity contribution in [2.75, 3.05) is 0 Å². The van der Waals surface area contributed by atoms with Gasteiger partial charge in [-0.3, -0.25) is 4.79 Å². The van der Waals surface area contributed by atoms with Gasteiger partial charge in [0.1, 0.15) is 0 Å². The van der Waals surface area contributed by atoms with E-state index in [0.717, 1.165) is 0 Å². The summed E-state index contributed by atoms with van der Waals surface area (Å²) in [5.74, 6) is 1.63. The lowest BCUT2D eigenvalue weighted by molar-refractivity contribution is -0.164. The lowest BCUT2D eigenvalue weighted by atomic mass is 10.2. The third kappa shape index (κ3) is 2.94. The van der Waals surface area contributed by atoms with Gasteiger partial charge in [-0.1, -0.05) is 24.1 Å². The van der Waals surface area contributed by atoms with Crippen LogP contribution in [0.25, 0.3) is 0 Å². The number of benzene rings is 1. The zero-order valence-electron chi connectivity index (χ0n) is 6.93. The zero-order valence-corrected chi connectivity index (χ0v) is 6.93. The summed E-state index contributed by atoms with van der Waals surface area (Å²) in [4.78, 5) is 10.3. The second-order valence-electron chi connectivity index (χ2n) is 2.44. The molecule has 0 bridgehead atoms. The minimum atomic E-state index is -4.87. The predicted molar refractivity (Wildman–Crippen MR) is 44.4 cm³/mol. The van der Waals surface area contributed by atoms with E-state index in [4.69, 9.17) is 0 Å². The molecule has 0 aliphatic heterocycles. The molecule has 1 nitrogen and oxygen atoms in total. The summed E-state index contributed by atoms with van der Waals surface area (Å²) in [5, 5.41) is 0. The van der Waals surface area contributed by atoms with E-state index < -0.39 is 12.0 Å². The fourth-order valence-corrected chi connectivity index (χ4v) is 0.721. The molecule has 0 aliphatic carbocycles. The van der Waals surface area contributed by atoms with E-state index in [1.54, 1.807) is 18.2 Å². The van der Waals surface area contributed by atoms with Gasteiger partial charge in [-0.05, 0) is 18.1 Å². The van der Waals surface area contributed by atoms with E-state index in [1.165, 1.54) is 18.1 Å². The minimum Gasteiger partial charge on any atom is -0.275 e. The summed E-state index contributed by atoms with van der Waals surface area (Å²) >= 11 is 0. The largest absolute Gasteiger partial charge is 0.462 e. The van der Waals surface area contributed by atoms with Crippen molar-refractivity contribution in [3.63, 3.8) is 0 Å². The third-order valence-corrected chi connectivity index (χ3v) is 1.35. The average molecular weight is 198 g/mol. The Labute approximate surface area is 78.5 Å². The average Bonchev–Trinajstić information content (AvgIpc) is 2.14. The number of hydrogen-bond donors (Lipinski definition) is 0. The van der Waals surface area contributed by atoms with Gasteiger partial charge >= 0.3 is 12.0 Å². The van der Waals surface area contributed by atoms with E-state index in [1.807, 2.05) is 0 Å². The van der Waals surface area contributed by atoms with Crippen LogP contribution in [-0.2, 0) is 4.79 Å². The van der Waals surface area contributed by atoms with Crippen molar-refractivity contribution in [1.82, 2.24) is 0 Å². The molecule has 0 aliphatic rings. The fourth-order valence-electron chi connectivity index (χ4n) is 0.721. The van der Waals surface area contributed by atoms with Crippen molar-refractivity contribution in [2.24, 2.45) is 0 Å². The first kappa shape index (κ1) is 10.3. The van der Waals surface area contributed by atoms with Crippen LogP contribution in [0.1, 0.15) is 5.56 Å². The van der Waals surface area contributed by atoms with Gasteiger partial charge in [0.05, 0.1) is 0 Å². The molecule has 1 aromatic rings. The molecule has 14 heavy (non-hydrogen) atoms. The summed E-state index contributed by atoms with van der Waals surface area (Å²) in [6.07, 6.45) is -4.87. The van der Waals surface area contributed by atoms with Crippen LogP contribution in [0.2, 0.25) is 0 Å². The number of carbonyl (C=O) groups is 1. The molecule has 0 fully saturated rings. The van der Waals surface area contributed by atoms with E-state index in [2.05, 4.69) is 5.92 Å². The molecule has 0 aromatic heterocycles. The summed E-state index contributed by atoms with van der Waals surface area (Å²) in [5.41, 5.74) is 0.380. The zero-order chi connectivity index (χ0) is 10.6. The maximum atomic E-state index is 11.7. The highest BCUT2D eigenvalue weighted by Gasteiger charge is 2.36. The van der Waals surface area contributed by atoms with Gasteiger partial charge in [0.15, 0.2) is 0 Å². The van der Waals surface area contributed by atoms with E-state index in [9.17, 15) is 18.0 Å². The number of carbonyl (C=O) groups excluding carboxylic acids is 1.